The van der Waals surface area contributed by atoms with Crippen molar-refractivity contribution in [1.82, 2.24) is 0 Å². The molecule has 0 unspecified atom stereocenters. The Morgan fingerprint density at radius 3 is 2.23 bits per heavy atom. The van der Waals surface area contributed by atoms with Gasteiger partial charge in [0, 0.05) is 0 Å². The Bertz CT molecular complexity index is 859. The molecule has 0 saturated heterocycles. The lowest BCUT2D eigenvalue weighted by molar-refractivity contribution is 0.332. The van der Waals surface area contributed by atoms with Gasteiger partial charge in [0.1, 0.15) is 0 Å². The van der Waals surface area contributed by atoms with E-state index in [1.54, 1.807) is 0 Å². The molecule has 0 amide bonds. The van der Waals surface area contributed by atoms with Crippen LogP contribution < -0.4 is 0 Å². The molecule has 0 heterocycles. The summed E-state index contributed by atoms with van der Waals surface area (Å²) in [5.41, 5.74) is 8.76. The Hall–Kier alpha value is -2.08. The molecule has 0 atom stereocenters. The second-order valence-corrected chi connectivity index (χ2v) is 8.98. The lowest BCUT2D eigenvalue weighted by atomic mass is 9.63. The van der Waals surface area contributed by atoms with Crippen molar-refractivity contribution in [2.45, 2.75) is 65.2 Å². The van der Waals surface area contributed by atoms with Crippen LogP contribution in [0.5, 0.6) is 0 Å². The molecule has 0 bridgehead atoms. The van der Waals surface area contributed by atoms with Gasteiger partial charge in [0.15, 0.2) is 0 Å². The largest absolute Gasteiger partial charge is 0.0847 e. The Balaban J connectivity index is 2.12. The zero-order valence-electron chi connectivity index (χ0n) is 17.2. The fourth-order valence-corrected chi connectivity index (χ4v) is 3.98. The van der Waals surface area contributed by atoms with E-state index in [-0.39, 0.29) is 10.8 Å². The first-order valence-electron chi connectivity index (χ1n) is 9.80. The van der Waals surface area contributed by atoms with Crippen molar-refractivity contribution in [1.29, 1.82) is 0 Å². The summed E-state index contributed by atoms with van der Waals surface area (Å²) in [6.07, 6.45) is 9.08. The van der Waals surface area contributed by atoms with Crippen molar-refractivity contribution in [3.8, 4) is 11.1 Å². The zero-order chi connectivity index (χ0) is 18.9. The van der Waals surface area contributed by atoms with Gasteiger partial charge in [-0.25, -0.2) is 0 Å². The molecular weight excluding hydrogens is 312 g/mol. The fraction of sp³-hybridized carbons (Fsp3) is 0.385. The molecule has 136 valence electrons. The maximum absolute atomic E-state index is 2.45. The Morgan fingerprint density at radius 2 is 1.54 bits per heavy atom. The van der Waals surface area contributed by atoms with Crippen LogP contribution in [-0.2, 0) is 10.8 Å². The Labute approximate surface area is 159 Å². The summed E-state index contributed by atoms with van der Waals surface area (Å²) >= 11 is 0. The summed E-state index contributed by atoms with van der Waals surface area (Å²) in [4.78, 5) is 0. The second-order valence-electron chi connectivity index (χ2n) is 8.98. The Kier molecular flexibility index (Phi) is 4.97. The molecular formula is C26H32. The van der Waals surface area contributed by atoms with E-state index in [4.69, 9.17) is 0 Å². The van der Waals surface area contributed by atoms with Crippen molar-refractivity contribution in [3.05, 3.63) is 76.9 Å². The molecule has 2 aromatic rings. The molecule has 0 radical (unpaired) electrons. The molecule has 0 aromatic heterocycles. The minimum absolute atomic E-state index is 0.243. The predicted octanol–water partition coefficient (Wildman–Crippen LogP) is 7.68. The van der Waals surface area contributed by atoms with Crippen LogP contribution in [0.2, 0.25) is 0 Å². The second kappa shape index (κ2) is 6.91. The van der Waals surface area contributed by atoms with Gasteiger partial charge in [0.05, 0.1) is 0 Å². The smallest absolute Gasteiger partial charge is 0.0100 e. The number of hydrogen-bond acceptors (Lipinski definition) is 0. The van der Waals surface area contributed by atoms with E-state index in [0.29, 0.717) is 0 Å². The van der Waals surface area contributed by atoms with Crippen molar-refractivity contribution in [2.24, 2.45) is 0 Å². The van der Waals surface area contributed by atoms with Crippen LogP contribution in [0.25, 0.3) is 17.2 Å². The summed E-state index contributed by atoms with van der Waals surface area (Å²) in [6.45, 7) is 13.8. The molecule has 3 rings (SSSR count). The quantitative estimate of drug-likeness (QED) is 0.501. The summed E-state index contributed by atoms with van der Waals surface area (Å²) in [5.74, 6) is 0. The fourth-order valence-electron chi connectivity index (χ4n) is 3.98. The normalized spacial score (nSPS) is 18.8. The van der Waals surface area contributed by atoms with Crippen LogP contribution in [0.3, 0.4) is 0 Å². The van der Waals surface area contributed by atoms with E-state index in [1.807, 2.05) is 0 Å². The van der Waals surface area contributed by atoms with E-state index < -0.39 is 0 Å². The first-order valence-corrected chi connectivity index (χ1v) is 9.80. The number of benzene rings is 2. The molecule has 1 aliphatic carbocycles. The minimum atomic E-state index is 0.243. The highest BCUT2D eigenvalue weighted by atomic mass is 14.4. The van der Waals surface area contributed by atoms with Crippen LogP contribution in [0, 0.1) is 0 Å². The molecule has 0 N–H and O–H groups in total. The van der Waals surface area contributed by atoms with Gasteiger partial charge in [-0.2, -0.15) is 0 Å². The van der Waals surface area contributed by atoms with E-state index >= 15 is 0 Å². The van der Waals surface area contributed by atoms with Crippen LogP contribution in [0.4, 0.5) is 0 Å². The van der Waals surface area contributed by atoms with Gasteiger partial charge in [-0.05, 0) is 65.3 Å². The van der Waals surface area contributed by atoms with Gasteiger partial charge in [-0.1, -0.05) is 94.0 Å². The lowest BCUT2D eigenvalue weighted by Crippen LogP contribution is -2.33. The maximum Gasteiger partial charge on any atom is -0.0100 e. The monoisotopic (exact) mass is 344 g/mol. The molecule has 1 aliphatic rings. The lowest BCUT2D eigenvalue weighted by Gasteiger charge is -2.42. The van der Waals surface area contributed by atoms with Gasteiger partial charge >= 0.3 is 0 Å². The molecule has 0 aliphatic heterocycles. The standard InChI is InChI=1S/C26H32/c1-7-19(2)12-13-20-10-8-9-11-22(20)21-14-15-23-24(18-21)26(5,6)17-16-25(23,3)4/h7-15,18H,16-17H2,1-6H3/b13-12+,19-7+. The van der Waals surface area contributed by atoms with Crippen LogP contribution >= 0.6 is 0 Å². The SMILES string of the molecule is C/C=C(C)/C=C/c1ccccc1-c1ccc2c(c1)C(C)(C)CCC2(C)C. The van der Waals surface area contributed by atoms with E-state index in [2.05, 4.69) is 102 Å². The van der Waals surface area contributed by atoms with Crippen molar-refractivity contribution in [2.75, 3.05) is 0 Å². The molecule has 2 aromatic carbocycles. The van der Waals surface area contributed by atoms with Gasteiger partial charge in [-0.3, -0.25) is 0 Å². The number of hydrogen-bond donors (Lipinski definition) is 0. The maximum atomic E-state index is 2.45. The first kappa shape index (κ1) is 18.7. The molecule has 0 saturated carbocycles. The van der Waals surface area contributed by atoms with Gasteiger partial charge < -0.3 is 0 Å². The molecule has 0 fully saturated rings. The summed E-state index contributed by atoms with van der Waals surface area (Å²) < 4.78 is 0. The van der Waals surface area contributed by atoms with Gasteiger partial charge in [-0.15, -0.1) is 0 Å². The highest BCUT2D eigenvalue weighted by Gasteiger charge is 2.36. The average molecular weight is 345 g/mol. The third-order valence-corrected chi connectivity index (χ3v) is 6.11. The van der Waals surface area contributed by atoms with Crippen molar-refractivity contribution in [3.63, 3.8) is 0 Å². The van der Waals surface area contributed by atoms with Crippen molar-refractivity contribution >= 4 is 6.08 Å². The summed E-state index contributed by atoms with van der Waals surface area (Å²) in [5, 5.41) is 0. The van der Waals surface area contributed by atoms with Crippen LogP contribution in [0.15, 0.2) is 60.2 Å². The molecule has 0 spiro atoms. The van der Waals surface area contributed by atoms with Crippen LogP contribution in [0.1, 0.15) is 71.1 Å². The number of rotatable bonds is 3. The Morgan fingerprint density at radius 1 is 0.885 bits per heavy atom. The molecule has 0 nitrogen and oxygen atoms in total. The van der Waals surface area contributed by atoms with E-state index in [9.17, 15) is 0 Å². The first-order chi connectivity index (χ1) is 12.2. The number of fused-ring (bicyclic) bond motifs is 1. The summed E-state index contributed by atoms with van der Waals surface area (Å²) in [7, 11) is 0. The van der Waals surface area contributed by atoms with E-state index in [1.165, 1.54) is 46.2 Å². The predicted molar refractivity (Wildman–Crippen MR) is 116 cm³/mol. The third-order valence-electron chi connectivity index (χ3n) is 6.11. The zero-order valence-corrected chi connectivity index (χ0v) is 17.2. The van der Waals surface area contributed by atoms with E-state index in [0.717, 1.165) is 0 Å². The molecule has 0 heteroatoms. The molecule has 26 heavy (non-hydrogen) atoms. The topological polar surface area (TPSA) is 0 Å². The average Bonchev–Trinajstić information content (AvgIpc) is 2.63. The highest BCUT2D eigenvalue weighted by molar-refractivity contribution is 5.77. The van der Waals surface area contributed by atoms with Gasteiger partial charge in [0.25, 0.3) is 0 Å². The van der Waals surface area contributed by atoms with Gasteiger partial charge in [0.2, 0.25) is 0 Å². The highest BCUT2D eigenvalue weighted by Crippen LogP contribution is 2.47. The third kappa shape index (κ3) is 3.56. The summed E-state index contributed by atoms with van der Waals surface area (Å²) in [6, 6.07) is 15.9. The minimum Gasteiger partial charge on any atom is -0.0847 e. The number of allylic oxidation sites excluding steroid dienone is 3. The van der Waals surface area contributed by atoms with Crippen molar-refractivity contribution < 1.29 is 0 Å². The van der Waals surface area contributed by atoms with Crippen LogP contribution in [-0.4, -0.2) is 0 Å².